The number of hydrogen-bond donors (Lipinski definition) is 1. The first-order chi connectivity index (χ1) is 19.9. The van der Waals surface area contributed by atoms with Crippen molar-refractivity contribution in [3.63, 3.8) is 0 Å². The highest BCUT2D eigenvalue weighted by atomic mass is 32.1. The molecule has 0 unspecified atom stereocenters. The molecule has 214 valence electrons. The number of carbonyl (C=O) groups excluding carboxylic acids is 1. The number of benzene rings is 1. The summed E-state index contributed by atoms with van der Waals surface area (Å²) in [6.45, 7) is 7.85. The molecule has 2 aliphatic rings. The van der Waals surface area contributed by atoms with E-state index in [0.29, 0.717) is 53.4 Å². The topological polar surface area (TPSA) is 101 Å². The Morgan fingerprint density at radius 2 is 1.90 bits per heavy atom. The molecule has 0 radical (unpaired) electrons. The van der Waals surface area contributed by atoms with Gasteiger partial charge in [0.2, 0.25) is 5.91 Å². The molecule has 0 aliphatic carbocycles. The first-order valence-electron chi connectivity index (χ1n) is 14.0. The number of halogens is 1. The minimum absolute atomic E-state index is 0.101. The van der Waals surface area contributed by atoms with Gasteiger partial charge in [-0.05, 0) is 69.5 Å². The van der Waals surface area contributed by atoms with E-state index in [1.165, 1.54) is 28.3 Å². The predicted molar refractivity (Wildman–Crippen MR) is 158 cm³/mol. The van der Waals surface area contributed by atoms with Crippen molar-refractivity contribution in [2.75, 3.05) is 44.2 Å². The summed E-state index contributed by atoms with van der Waals surface area (Å²) < 4.78 is 15.7. The lowest BCUT2D eigenvalue weighted by molar-refractivity contribution is -0.142. The lowest BCUT2D eigenvalue weighted by atomic mass is 9.95. The molecular formula is C29H32FN7O2S2. The van der Waals surface area contributed by atoms with Gasteiger partial charge in [0.25, 0.3) is 0 Å². The molecule has 6 rings (SSSR count). The molecule has 4 aromatic rings. The number of likely N-dealkylation sites (tertiary alicyclic amines) is 2. The molecule has 2 fully saturated rings. The van der Waals surface area contributed by atoms with Crippen molar-refractivity contribution in [1.82, 2.24) is 24.2 Å². The molecule has 1 amide bonds. The van der Waals surface area contributed by atoms with Gasteiger partial charge in [-0.25, -0.2) is 14.4 Å². The maximum Gasteiger partial charge on any atom is 0.236 e. The summed E-state index contributed by atoms with van der Waals surface area (Å²) in [6, 6.07) is 8.35. The summed E-state index contributed by atoms with van der Waals surface area (Å²) >= 11 is 3.06. The quantitative estimate of drug-likeness (QED) is 0.318. The third-order valence-corrected chi connectivity index (χ3v) is 10.1. The standard InChI is InChI=1S/C29H32FN7O2S2/c1-3-22-27(36(4-2)29-33-26(23(13-31)40-29)19-5-7-20(30)8-6-19)37-16-24(41-28(37)32-22)18-9-11-34(12-10-18)17-25(39)35-14-21(38)15-35/h5-8,16,18,21,38H,3-4,9-12,14-15,17H2,1-2H3. The molecule has 0 atom stereocenters. The molecule has 1 N–H and O–H groups in total. The van der Waals surface area contributed by atoms with Crippen LogP contribution in [0.3, 0.4) is 0 Å². The number of nitrogens with zero attached hydrogens (tertiary/aromatic N) is 7. The molecule has 2 aliphatic heterocycles. The van der Waals surface area contributed by atoms with Crippen molar-refractivity contribution in [2.45, 2.75) is 45.1 Å². The van der Waals surface area contributed by atoms with Crippen LogP contribution in [0.1, 0.15) is 48.1 Å². The van der Waals surface area contributed by atoms with E-state index >= 15 is 0 Å². The van der Waals surface area contributed by atoms with Gasteiger partial charge in [-0.15, -0.1) is 11.3 Å². The minimum atomic E-state index is -0.370. The summed E-state index contributed by atoms with van der Waals surface area (Å²) in [5, 5.41) is 20.0. The molecule has 0 saturated carbocycles. The average Bonchev–Trinajstić information content (AvgIpc) is 3.66. The van der Waals surface area contributed by atoms with Crippen LogP contribution in [0, 0.1) is 17.1 Å². The van der Waals surface area contributed by atoms with Gasteiger partial charge in [-0.2, -0.15) is 5.26 Å². The molecule has 0 bridgehead atoms. The number of rotatable bonds is 8. The number of β-amino-alcohol motifs (C(OH)–C–C–N with tert-alkyl or cyclic N) is 1. The predicted octanol–water partition coefficient (Wildman–Crippen LogP) is 4.63. The van der Waals surface area contributed by atoms with Crippen molar-refractivity contribution in [3.05, 3.63) is 51.7 Å². The zero-order valence-corrected chi connectivity index (χ0v) is 24.7. The van der Waals surface area contributed by atoms with E-state index < -0.39 is 0 Å². The maximum absolute atomic E-state index is 13.5. The van der Waals surface area contributed by atoms with Gasteiger partial charge in [-0.1, -0.05) is 18.3 Å². The van der Waals surface area contributed by atoms with Crippen LogP contribution >= 0.6 is 22.7 Å². The number of aliphatic hydroxyl groups excluding tert-OH is 1. The molecule has 2 saturated heterocycles. The van der Waals surface area contributed by atoms with Crippen molar-refractivity contribution >= 4 is 44.5 Å². The van der Waals surface area contributed by atoms with Gasteiger partial charge in [0.15, 0.2) is 10.1 Å². The number of thiazole rings is 2. The van der Waals surface area contributed by atoms with Gasteiger partial charge in [-0.3, -0.25) is 14.1 Å². The van der Waals surface area contributed by atoms with E-state index in [1.54, 1.807) is 28.4 Å². The molecule has 1 aromatic carbocycles. The first kappa shape index (κ1) is 27.8. The van der Waals surface area contributed by atoms with Gasteiger partial charge < -0.3 is 14.9 Å². The SMILES string of the molecule is CCc1nc2sc(C3CCN(CC(=O)N4CC(O)C4)CC3)cn2c1N(CC)c1nc(-c2ccc(F)cc2)c(C#N)s1. The minimum Gasteiger partial charge on any atom is -0.389 e. The first-order valence-corrected chi connectivity index (χ1v) is 15.6. The van der Waals surface area contributed by atoms with Crippen LogP contribution in [-0.2, 0) is 11.2 Å². The number of aromatic nitrogens is 3. The normalized spacial score (nSPS) is 16.7. The van der Waals surface area contributed by atoms with Crippen LogP contribution in [0.2, 0.25) is 0 Å². The molecule has 3 aromatic heterocycles. The second-order valence-corrected chi connectivity index (χ2v) is 12.6. The Labute approximate surface area is 246 Å². The van der Waals surface area contributed by atoms with E-state index in [4.69, 9.17) is 9.97 Å². The number of amides is 1. The lowest BCUT2D eigenvalue weighted by Crippen LogP contribution is -2.56. The Balaban J connectivity index is 1.23. The van der Waals surface area contributed by atoms with Gasteiger partial charge >= 0.3 is 0 Å². The van der Waals surface area contributed by atoms with Crippen LogP contribution in [0.4, 0.5) is 15.3 Å². The molecule has 9 nitrogen and oxygen atoms in total. The summed E-state index contributed by atoms with van der Waals surface area (Å²) in [5.74, 6) is 1.15. The summed E-state index contributed by atoms with van der Waals surface area (Å²) in [7, 11) is 0. The van der Waals surface area contributed by atoms with E-state index in [9.17, 15) is 19.6 Å². The van der Waals surface area contributed by atoms with Crippen LogP contribution < -0.4 is 4.90 Å². The van der Waals surface area contributed by atoms with Gasteiger partial charge in [0.1, 0.15) is 28.3 Å². The smallest absolute Gasteiger partial charge is 0.236 e. The number of carbonyl (C=O) groups is 1. The van der Waals surface area contributed by atoms with E-state index in [1.807, 2.05) is 0 Å². The average molecular weight is 594 g/mol. The molecule has 41 heavy (non-hydrogen) atoms. The highest BCUT2D eigenvalue weighted by molar-refractivity contribution is 7.17. The number of aryl methyl sites for hydroxylation is 1. The Kier molecular flexibility index (Phi) is 7.78. The Morgan fingerprint density at radius 3 is 2.54 bits per heavy atom. The fraction of sp³-hybridized carbons (Fsp3) is 0.448. The summed E-state index contributed by atoms with van der Waals surface area (Å²) in [6.07, 6.45) is 4.55. The van der Waals surface area contributed by atoms with E-state index in [2.05, 4.69) is 40.3 Å². The molecule has 12 heteroatoms. The van der Waals surface area contributed by atoms with Crippen LogP contribution in [-0.4, -0.2) is 80.6 Å². The largest absolute Gasteiger partial charge is 0.389 e. The number of hydrogen-bond acceptors (Lipinski definition) is 9. The van der Waals surface area contributed by atoms with E-state index in [0.717, 1.165) is 48.8 Å². The van der Waals surface area contributed by atoms with Crippen LogP contribution in [0.15, 0.2) is 30.5 Å². The fourth-order valence-corrected chi connectivity index (χ4v) is 7.73. The molecule has 0 spiro atoms. The number of nitriles is 1. The highest BCUT2D eigenvalue weighted by Gasteiger charge is 2.32. The van der Waals surface area contributed by atoms with Gasteiger partial charge in [0, 0.05) is 36.3 Å². The Bertz CT molecular complexity index is 1590. The highest BCUT2D eigenvalue weighted by Crippen LogP contribution is 2.40. The summed E-state index contributed by atoms with van der Waals surface area (Å²) in [4.78, 5) is 31.1. The summed E-state index contributed by atoms with van der Waals surface area (Å²) in [5.41, 5.74) is 2.25. The monoisotopic (exact) mass is 593 g/mol. The number of imidazole rings is 1. The van der Waals surface area contributed by atoms with Crippen molar-refractivity contribution < 1.29 is 14.3 Å². The van der Waals surface area contributed by atoms with Crippen molar-refractivity contribution in [2.24, 2.45) is 0 Å². The molecular weight excluding hydrogens is 561 g/mol. The Morgan fingerprint density at radius 1 is 1.17 bits per heavy atom. The maximum atomic E-state index is 13.5. The van der Waals surface area contributed by atoms with Crippen molar-refractivity contribution in [3.8, 4) is 17.3 Å². The second kappa shape index (κ2) is 11.5. The fourth-order valence-electron chi connectivity index (χ4n) is 5.61. The van der Waals surface area contributed by atoms with Crippen LogP contribution in [0.25, 0.3) is 16.2 Å². The number of aliphatic hydroxyl groups is 1. The van der Waals surface area contributed by atoms with Crippen molar-refractivity contribution in [1.29, 1.82) is 5.26 Å². The molecule has 5 heterocycles. The number of piperidine rings is 1. The zero-order chi connectivity index (χ0) is 28.7. The second-order valence-electron chi connectivity index (χ2n) is 10.6. The van der Waals surface area contributed by atoms with Crippen LogP contribution in [0.5, 0.6) is 0 Å². The zero-order valence-electron chi connectivity index (χ0n) is 23.1. The number of fused-ring (bicyclic) bond motifs is 1. The Hall–Kier alpha value is -3.37. The third kappa shape index (κ3) is 5.35. The van der Waals surface area contributed by atoms with E-state index in [-0.39, 0.29) is 17.8 Å². The lowest BCUT2D eigenvalue weighted by Gasteiger charge is -2.38. The third-order valence-electron chi connectivity index (χ3n) is 7.93. The number of anilines is 2. The van der Waals surface area contributed by atoms with Gasteiger partial charge in [0.05, 0.1) is 18.3 Å².